The topological polar surface area (TPSA) is 29.1 Å². The van der Waals surface area contributed by atoms with E-state index in [2.05, 4.69) is 37.4 Å². The van der Waals surface area contributed by atoms with Gasteiger partial charge in [0, 0.05) is 17.0 Å². The SMILES string of the molecule is C/C=C\C(=C/CC)CCC(C)NC(=O)/C=C/c1cccs1. The molecule has 0 aromatic carbocycles. The molecule has 1 unspecified atom stereocenters. The van der Waals surface area contributed by atoms with Crippen molar-refractivity contribution in [2.75, 3.05) is 0 Å². The van der Waals surface area contributed by atoms with Gasteiger partial charge in [0.05, 0.1) is 0 Å². The zero-order valence-corrected chi connectivity index (χ0v) is 14.0. The summed E-state index contributed by atoms with van der Waals surface area (Å²) in [7, 11) is 0. The smallest absolute Gasteiger partial charge is 0.244 e. The maximum Gasteiger partial charge on any atom is 0.244 e. The van der Waals surface area contributed by atoms with E-state index >= 15 is 0 Å². The zero-order chi connectivity index (χ0) is 15.5. The van der Waals surface area contributed by atoms with E-state index < -0.39 is 0 Å². The second kappa shape index (κ2) is 10.2. The van der Waals surface area contributed by atoms with E-state index in [9.17, 15) is 4.79 Å². The van der Waals surface area contributed by atoms with Crippen LogP contribution < -0.4 is 5.32 Å². The highest BCUT2D eigenvalue weighted by Gasteiger charge is 2.05. The first-order valence-electron chi connectivity index (χ1n) is 7.49. The van der Waals surface area contributed by atoms with E-state index in [1.54, 1.807) is 17.4 Å². The van der Waals surface area contributed by atoms with Crippen LogP contribution in [-0.4, -0.2) is 11.9 Å². The summed E-state index contributed by atoms with van der Waals surface area (Å²) in [6, 6.07) is 4.15. The summed E-state index contributed by atoms with van der Waals surface area (Å²) in [6.07, 6.45) is 12.9. The Kier molecular flexibility index (Phi) is 8.44. The molecular weight excluding hydrogens is 278 g/mol. The molecule has 1 aromatic heterocycles. The molecule has 0 aliphatic rings. The normalized spacial score (nSPS) is 14.0. The Hall–Kier alpha value is -1.61. The highest BCUT2D eigenvalue weighted by atomic mass is 32.1. The first kappa shape index (κ1) is 17.4. The van der Waals surface area contributed by atoms with Crippen molar-refractivity contribution in [3.63, 3.8) is 0 Å². The molecule has 21 heavy (non-hydrogen) atoms. The number of carbonyl (C=O) groups is 1. The average Bonchev–Trinajstić information content (AvgIpc) is 2.96. The molecule has 0 aliphatic carbocycles. The highest BCUT2D eigenvalue weighted by molar-refractivity contribution is 7.10. The van der Waals surface area contributed by atoms with Crippen molar-refractivity contribution in [3.8, 4) is 0 Å². The number of amides is 1. The quantitative estimate of drug-likeness (QED) is 0.534. The Labute approximate surface area is 132 Å². The molecule has 0 saturated heterocycles. The van der Waals surface area contributed by atoms with Crippen LogP contribution in [0.2, 0.25) is 0 Å². The van der Waals surface area contributed by atoms with E-state index in [1.165, 1.54) is 5.57 Å². The van der Waals surface area contributed by atoms with Gasteiger partial charge >= 0.3 is 0 Å². The van der Waals surface area contributed by atoms with E-state index in [-0.39, 0.29) is 11.9 Å². The number of nitrogens with one attached hydrogen (secondary N) is 1. The summed E-state index contributed by atoms with van der Waals surface area (Å²) in [4.78, 5) is 12.9. The Morgan fingerprint density at radius 1 is 1.43 bits per heavy atom. The first-order chi connectivity index (χ1) is 10.2. The van der Waals surface area contributed by atoms with Gasteiger partial charge < -0.3 is 5.32 Å². The number of allylic oxidation sites excluding steroid dienone is 4. The van der Waals surface area contributed by atoms with Crippen molar-refractivity contribution >= 4 is 23.3 Å². The Morgan fingerprint density at radius 2 is 2.24 bits per heavy atom. The predicted molar refractivity (Wildman–Crippen MR) is 93.4 cm³/mol. The number of thiophene rings is 1. The molecule has 0 spiro atoms. The van der Waals surface area contributed by atoms with Gasteiger partial charge in [-0.25, -0.2) is 0 Å². The molecular formula is C18H25NOS. The fourth-order valence-electron chi connectivity index (χ4n) is 2.02. The third-order valence-corrected chi connectivity index (χ3v) is 3.88. The van der Waals surface area contributed by atoms with E-state index in [4.69, 9.17) is 0 Å². The zero-order valence-electron chi connectivity index (χ0n) is 13.1. The highest BCUT2D eigenvalue weighted by Crippen LogP contribution is 2.11. The second-order valence-electron chi connectivity index (χ2n) is 4.98. The third-order valence-electron chi connectivity index (χ3n) is 3.04. The van der Waals surface area contributed by atoms with Crippen molar-refractivity contribution in [2.45, 2.75) is 46.1 Å². The maximum atomic E-state index is 11.8. The fourth-order valence-corrected chi connectivity index (χ4v) is 2.64. The van der Waals surface area contributed by atoms with Gasteiger partial charge in [0.15, 0.2) is 0 Å². The van der Waals surface area contributed by atoms with Gasteiger partial charge in [-0.05, 0) is 50.6 Å². The van der Waals surface area contributed by atoms with Crippen LogP contribution >= 0.6 is 11.3 Å². The second-order valence-corrected chi connectivity index (χ2v) is 5.96. The van der Waals surface area contributed by atoms with Gasteiger partial charge in [0.1, 0.15) is 0 Å². The molecule has 3 heteroatoms. The Bertz CT molecular complexity index is 497. The maximum absolute atomic E-state index is 11.8. The molecule has 0 saturated carbocycles. The van der Waals surface area contributed by atoms with Crippen LogP contribution in [0.5, 0.6) is 0 Å². The van der Waals surface area contributed by atoms with Crippen molar-refractivity contribution in [1.82, 2.24) is 5.32 Å². The van der Waals surface area contributed by atoms with E-state index in [1.807, 2.05) is 30.5 Å². The third kappa shape index (κ3) is 7.66. The van der Waals surface area contributed by atoms with E-state index in [0.29, 0.717) is 0 Å². The largest absolute Gasteiger partial charge is 0.350 e. The molecule has 0 fully saturated rings. The van der Waals surface area contributed by atoms with Crippen LogP contribution in [0.25, 0.3) is 6.08 Å². The molecule has 0 radical (unpaired) electrons. The number of rotatable bonds is 8. The molecule has 0 bridgehead atoms. The molecule has 1 aromatic rings. The van der Waals surface area contributed by atoms with Crippen molar-refractivity contribution < 1.29 is 4.79 Å². The first-order valence-corrected chi connectivity index (χ1v) is 8.37. The van der Waals surface area contributed by atoms with Crippen molar-refractivity contribution in [1.29, 1.82) is 0 Å². The van der Waals surface area contributed by atoms with Gasteiger partial charge in [0.2, 0.25) is 5.91 Å². The van der Waals surface area contributed by atoms with Crippen LogP contribution in [0.1, 0.15) is 44.9 Å². The fraction of sp³-hybridized carbons (Fsp3) is 0.389. The minimum atomic E-state index is -0.0250. The van der Waals surface area contributed by atoms with Crippen LogP contribution in [-0.2, 0) is 4.79 Å². The lowest BCUT2D eigenvalue weighted by atomic mass is 10.0. The Balaban J connectivity index is 2.37. The van der Waals surface area contributed by atoms with Crippen molar-refractivity contribution in [3.05, 3.63) is 52.3 Å². The lowest BCUT2D eigenvalue weighted by Crippen LogP contribution is -2.31. The molecule has 1 heterocycles. The summed E-state index contributed by atoms with van der Waals surface area (Å²) >= 11 is 1.63. The van der Waals surface area contributed by atoms with Gasteiger partial charge in [-0.15, -0.1) is 11.3 Å². The molecule has 0 aliphatic heterocycles. The predicted octanol–water partition coefficient (Wildman–Crippen LogP) is 4.96. The van der Waals surface area contributed by atoms with Gasteiger partial charge in [-0.3, -0.25) is 4.79 Å². The molecule has 1 N–H and O–H groups in total. The average molecular weight is 303 g/mol. The minimum Gasteiger partial charge on any atom is -0.350 e. The lowest BCUT2D eigenvalue weighted by molar-refractivity contribution is -0.117. The summed E-state index contributed by atoms with van der Waals surface area (Å²) in [5.74, 6) is -0.0250. The van der Waals surface area contributed by atoms with Gasteiger partial charge in [-0.1, -0.05) is 36.8 Å². The lowest BCUT2D eigenvalue weighted by Gasteiger charge is -2.12. The van der Waals surface area contributed by atoms with Crippen LogP contribution in [0.15, 0.2) is 47.4 Å². The van der Waals surface area contributed by atoms with Crippen molar-refractivity contribution in [2.24, 2.45) is 0 Å². The standard InChI is InChI=1S/C18H25NOS/c1-4-7-16(8-5-2)11-10-15(3)19-18(20)13-12-17-9-6-14-21-17/h4,6-9,12-15H,5,10-11H2,1-3H3,(H,19,20)/b7-4-,13-12+,16-8+. The monoisotopic (exact) mass is 303 g/mol. The van der Waals surface area contributed by atoms with Gasteiger partial charge in [-0.2, -0.15) is 0 Å². The summed E-state index contributed by atoms with van der Waals surface area (Å²) in [5, 5.41) is 5.01. The van der Waals surface area contributed by atoms with E-state index in [0.717, 1.165) is 24.1 Å². The molecule has 1 amide bonds. The number of hydrogen-bond donors (Lipinski definition) is 1. The summed E-state index contributed by atoms with van der Waals surface area (Å²) in [6.45, 7) is 6.23. The minimum absolute atomic E-state index is 0.0250. The molecule has 114 valence electrons. The summed E-state index contributed by atoms with van der Waals surface area (Å²) < 4.78 is 0. The Morgan fingerprint density at radius 3 is 2.86 bits per heavy atom. The number of carbonyl (C=O) groups excluding carboxylic acids is 1. The van der Waals surface area contributed by atoms with Gasteiger partial charge in [0.25, 0.3) is 0 Å². The van der Waals surface area contributed by atoms with Crippen LogP contribution in [0.3, 0.4) is 0 Å². The number of hydrogen-bond acceptors (Lipinski definition) is 2. The summed E-state index contributed by atoms with van der Waals surface area (Å²) in [5.41, 5.74) is 1.34. The molecule has 1 rings (SSSR count). The van der Waals surface area contributed by atoms with Crippen LogP contribution in [0.4, 0.5) is 0 Å². The molecule has 1 atom stereocenters. The van der Waals surface area contributed by atoms with Crippen LogP contribution in [0, 0.1) is 0 Å². The molecule has 2 nitrogen and oxygen atoms in total.